The molecule has 4 atom stereocenters. The summed E-state index contributed by atoms with van der Waals surface area (Å²) < 4.78 is 6.28. The third-order valence-corrected chi connectivity index (χ3v) is 6.51. The van der Waals surface area contributed by atoms with Crippen molar-refractivity contribution in [1.82, 2.24) is 4.90 Å². The number of aliphatic hydroxyl groups is 1. The van der Waals surface area contributed by atoms with Crippen LogP contribution in [0, 0.1) is 16.7 Å². The van der Waals surface area contributed by atoms with Gasteiger partial charge in [-0.05, 0) is 61.9 Å². The Morgan fingerprint density at radius 1 is 1.19 bits per heavy atom. The van der Waals surface area contributed by atoms with Crippen LogP contribution >= 0.6 is 0 Å². The van der Waals surface area contributed by atoms with Gasteiger partial charge in [-0.1, -0.05) is 27.2 Å². The van der Waals surface area contributed by atoms with E-state index in [0.29, 0.717) is 18.1 Å². The zero-order valence-electron chi connectivity index (χ0n) is 14.1. The first kappa shape index (κ1) is 15.8. The fourth-order valence-electron chi connectivity index (χ4n) is 5.37. The molecule has 2 aliphatic carbocycles. The molecule has 1 heterocycles. The maximum absolute atomic E-state index is 10.3. The molecule has 0 aromatic rings. The van der Waals surface area contributed by atoms with Crippen molar-refractivity contribution in [3.63, 3.8) is 0 Å². The van der Waals surface area contributed by atoms with Crippen molar-refractivity contribution in [2.45, 2.75) is 71.5 Å². The van der Waals surface area contributed by atoms with Crippen molar-refractivity contribution in [2.75, 3.05) is 26.2 Å². The van der Waals surface area contributed by atoms with Crippen LogP contribution in [0.1, 0.15) is 59.3 Å². The summed E-state index contributed by atoms with van der Waals surface area (Å²) in [5.41, 5.74) is 0.622. The highest BCUT2D eigenvalue weighted by molar-refractivity contribution is 5.09. The Hall–Kier alpha value is -0.120. The molecule has 1 N–H and O–H groups in total. The van der Waals surface area contributed by atoms with Crippen LogP contribution in [0.4, 0.5) is 0 Å². The van der Waals surface area contributed by atoms with Crippen LogP contribution in [0.3, 0.4) is 0 Å². The van der Waals surface area contributed by atoms with E-state index in [9.17, 15) is 5.11 Å². The highest BCUT2D eigenvalue weighted by atomic mass is 16.5. The number of piperidine rings is 1. The van der Waals surface area contributed by atoms with E-state index in [4.69, 9.17) is 4.74 Å². The fraction of sp³-hybridized carbons (Fsp3) is 1.00. The Labute approximate surface area is 130 Å². The van der Waals surface area contributed by atoms with Gasteiger partial charge in [0.05, 0.1) is 18.8 Å². The van der Waals surface area contributed by atoms with Gasteiger partial charge in [-0.15, -0.1) is 0 Å². The number of hydrogen-bond donors (Lipinski definition) is 1. The van der Waals surface area contributed by atoms with Gasteiger partial charge in [-0.25, -0.2) is 0 Å². The Morgan fingerprint density at radius 3 is 2.52 bits per heavy atom. The Balaban J connectivity index is 1.50. The number of β-amino-alcohol motifs (C(OH)–C–C–N with tert-alkyl or cyclic N) is 1. The summed E-state index contributed by atoms with van der Waals surface area (Å²) >= 11 is 0. The first-order chi connectivity index (χ1) is 9.92. The zero-order chi connectivity index (χ0) is 15.1. The number of hydrogen-bond acceptors (Lipinski definition) is 3. The summed E-state index contributed by atoms with van der Waals surface area (Å²) in [6.45, 7) is 10.7. The van der Waals surface area contributed by atoms with E-state index < -0.39 is 0 Å². The van der Waals surface area contributed by atoms with Gasteiger partial charge in [0.1, 0.15) is 0 Å². The summed E-state index contributed by atoms with van der Waals surface area (Å²) in [6.07, 6.45) is 7.87. The monoisotopic (exact) mass is 295 g/mol. The number of nitrogens with zero attached hydrogens (tertiary/aromatic N) is 1. The molecule has 3 nitrogen and oxygen atoms in total. The first-order valence-corrected chi connectivity index (χ1v) is 8.94. The van der Waals surface area contributed by atoms with Crippen molar-refractivity contribution < 1.29 is 9.84 Å². The van der Waals surface area contributed by atoms with Crippen LogP contribution in [0.15, 0.2) is 0 Å². The molecule has 2 bridgehead atoms. The molecule has 0 aromatic carbocycles. The van der Waals surface area contributed by atoms with E-state index in [-0.39, 0.29) is 11.5 Å². The number of likely N-dealkylation sites (tertiary alicyclic amines) is 1. The summed E-state index contributed by atoms with van der Waals surface area (Å²) in [5, 5.41) is 10.3. The molecule has 1 aliphatic heterocycles. The van der Waals surface area contributed by atoms with E-state index in [1.807, 2.05) is 0 Å². The fourth-order valence-corrected chi connectivity index (χ4v) is 5.37. The Bertz CT molecular complexity index is 359. The molecule has 0 amide bonds. The van der Waals surface area contributed by atoms with Crippen molar-refractivity contribution in [3.05, 3.63) is 0 Å². The van der Waals surface area contributed by atoms with Crippen LogP contribution in [0.25, 0.3) is 0 Å². The molecule has 3 aliphatic rings. The van der Waals surface area contributed by atoms with E-state index in [0.717, 1.165) is 25.6 Å². The summed E-state index contributed by atoms with van der Waals surface area (Å²) in [6, 6.07) is 0. The molecule has 122 valence electrons. The Morgan fingerprint density at radius 2 is 1.90 bits per heavy atom. The average Bonchev–Trinajstić information content (AvgIpc) is 2.90. The minimum Gasteiger partial charge on any atom is -0.389 e. The molecule has 1 saturated heterocycles. The smallest absolute Gasteiger partial charge is 0.0900 e. The lowest BCUT2D eigenvalue weighted by molar-refractivity contribution is -0.113. The molecule has 3 heteroatoms. The maximum atomic E-state index is 10.3. The van der Waals surface area contributed by atoms with Crippen LogP contribution in [-0.4, -0.2) is 48.5 Å². The lowest BCUT2D eigenvalue weighted by atomic mass is 9.70. The normalized spacial score (nSPS) is 40.6. The third-order valence-electron chi connectivity index (χ3n) is 6.51. The molecule has 2 saturated carbocycles. The Kier molecular flexibility index (Phi) is 4.37. The van der Waals surface area contributed by atoms with Gasteiger partial charge in [-0.3, -0.25) is 0 Å². The second kappa shape index (κ2) is 5.82. The van der Waals surface area contributed by atoms with E-state index in [1.165, 1.54) is 38.5 Å². The van der Waals surface area contributed by atoms with Crippen molar-refractivity contribution in [1.29, 1.82) is 0 Å². The minimum absolute atomic E-state index is 0.276. The number of ether oxygens (including phenoxy) is 1. The molecule has 0 unspecified atom stereocenters. The van der Waals surface area contributed by atoms with E-state index in [2.05, 4.69) is 25.7 Å². The largest absolute Gasteiger partial charge is 0.389 e. The minimum atomic E-state index is -0.332. The van der Waals surface area contributed by atoms with Gasteiger partial charge < -0.3 is 14.7 Å². The molecule has 3 fully saturated rings. The lowest BCUT2D eigenvalue weighted by Crippen LogP contribution is -2.45. The van der Waals surface area contributed by atoms with Crippen LogP contribution < -0.4 is 0 Å². The summed E-state index contributed by atoms with van der Waals surface area (Å²) in [4.78, 5) is 2.39. The SMILES string of the molecule is CC1(C)[C@H]2CC[C@](C)(C2)[C@H]1OC[C@H](O)CN1CCCCC1. The van der Waals surface area contributed by atoms with Crippen molar-refractivity contribution >= 4 is 0 Å². The molecule has 0 radical (unpaired) electrons. The van der Waals surface area contributed by atoms with Crippen LogP contribution in [-0.2, 0) is 4.74 Å². The summed E-state index contributed by atoms with van der Waals surface area (Å²) in [7, 11) is 0. The highest BCUT2D eigenvalue weighted by Gasteiger charge is 2.60. The zero-order valence-corrected chi connectivity index (χ0v) is 14.1. The molecule has 0 spiro atoms. The van der Waals surface area contributed by atoms with Crippen LogP contribution in [0.2, 0.25) is 0 Å². The van der Waals surface area contributed by atoms with Crippen molar-refractivity contribution in [2.24, 2.45) is 16.7 Å². The highest BCUT2D eigenvalue weighted by Crippen LogP contribution is 2.63. The molecular weight excluding hydrogens is 262 g/mol. The predicted molar refractivity (Wildman–Crippen MR) is 85.3 cm³/mol. The lowest BCUT2D eigenvalue weighted by Gasteiger charge is -2.42. The number of rotatable bonds is 5. The van der Waals surface area contributed by atoms with Gasteiger partial charge in [0.25, 0.3) is 0 Å². The number of fused-ring (bicyclic) bond motifs is 2. The first-order valence-electron chi connectivity index (χ1n) is 8.94. The molecule has 0 aromatic heterocycles. The summed E-state index contributed by atoms with van der Waals surface area (Å²) in [5.74, 6) is 0.812. The standard InChI is InChI=1S/C18H33NO2/c1-17(2)14-7-8-18(3,11-14)16(17)21-13-15(20)12-19-9-5-4-6-10-19/h14-16,20H,4-13H2,1-3H3/t14-,15+,16-,18+/m0/s1. The second-order valence-corrected chi connectivity index (χ2v) is 8.64. The van der Waals surface area contributed by atoms with Gasteiger partial charge in [0.15, 0.2) is 0 Å². The van der Waals surface area contributed by atoms with E-state index >= 15 is 0 Å². The van der Waals surface area contributed by atoms with Crippen molar-refractivity contribution in [3.8, 4) is 0 Å². The predicted octanol–water partition coefficient (Wildman–Crippen LogP) is 3.06. The molecular formula is C18H33NO2. The quantitative estimate of drug-likeness (QED) is 0.846. The van der Waals surface area contributed by atoms with Crippen LogP contribution in [0.5, 0.6) is 0 Å². The molecule has 3 rings (SSSR count). The second-order valence-electron chi connectivity index (χ2n) is 8.64. The average molecular weight is 295 g/mol. The van der Waals surface area contributed by atoms with Gasteiger partial charge in [-0.2, -0.15) is 0 Å². The van der Waals surface area contributed by atoms with Gasteiger partial charge >= 0.3 is 0 Å². The topological polar surface area (TPSA) is 32.7 Å². The van der Waals surface area contributed by atoms with E-state index in [1.54, 1.807) is 0 Å². The molecule has 21 heavy (non-hydrogen) atoms. The number of aliphatic hydroxyl groups excluding tert-OH is 1. The maximum Gasteiger partial charge on any atom is 0.0900 e. The van der Waals surface area contributed by atoms with Gasteiger partial charge in [0.2, 0.25) is 0 Å². The third kappa shape index (κ3) is 3.02. The van der Waals surface area contributed by atoms with Gasteiger partial charge in [0, 0.05) is 6.54 Å².